The van der Waals surface area contributed by atoms with E-state index in [1.165, 1.54) is 24.3 Å². The van der Waals surface area contributed by atoms with Crippen molar-refractivity contribution in [1.29, 1.82) is 0 Å². The Kier molecular flexibility index (Phi) is 5.49. The fourth-order valence-electron chi connectivity index (χ4n) is 3.24. The number of amides is 1. The van der Waals surface area contributed by atoms with Crippen LogP contribution in [0.5, 0.6) is 0 Å². The van der Waals surface area contributed by atoms with Crippen LogP contribution in [0, 0.1) is 6.92 Å². The number of carbonyl (C=O) groups is 1. The van der Waals surface area contributed by atoms with Crippen molar-refractivity contribution in [3.05, 3.63) is 65.7 Å². The van der Waals surface area contributed by atoms with E-state index in [0.717, 1.165) is 9.87 Å². The summed E-state index contributed by atoms with van der Waals surface area (Å²) in [5.41, 5.74) is 1.15. The molecule has 5 nitrogen and oxygen atoms in total. The van der Waals surface area contributed by atoms with E-state index in [1.807, 2.05) is 0 Å². The monoisotopic (exact) mass is 412 g/mol. The second kappa shape index (κ2) is 7.56. The van der Waals surface area contributed by atoms with E-state index in [4.69, 9.17) is 0 Å². The van der Waals surface area contributed by atoms with Gasteiger partial charge in [-0.1, -0.05) is 48.0 Å². The molecule has 1 heterocycles. The molecule has 1 amide bonds. The van der Waals surface area contributed by atoms with Gasteiger partial charge in [0.25, 0.3) is 0 Å². The maximum atomic E-state index is 13.2. The molecule has 0 bridgehead atoms. The van der Waals surface area contributed by atoms with Gasteiger partial charge in [-0.15, -0.1) is 0 Å². The van der Waals surface area contributed by atoms with Gasteiger partial charge >= 0.3 is 12.1 Å². The number of hydrogen-bond acceptors (Lipinski definition) is 3. The molecule has 0 saturated carbocycles. The first-order valence-corrected chi connectivity index (χ1v) is 10.1. The molecule has 0 aliphatic carbocycles. The zero-order chi connectivity index (χ0) is 20.5. The van der Waals surface area contributed by atoms with Crippen LogP contribution in [0.3, 0.4) is 0 Å². The van der Waals surface area contributed by atoms with E-state index in [2.05, 4.69) is 0 Å². The van der Waals surface area contributed by atoms with Crippen LogP contribution in [0.4, 0.5) is 13.2 Å². The lowest BCUT2D eigenvalue weighted by Gasteiger charge is -2.43. The Morgan fingerprint density at radius 2 is 1.61 bits per heavy atom. The van der Waals surface area contributed by atoms with E-state index < -0.39 is 28.3 Å². The van der Waals surface area contributed by atoms with E-state index in [0.29, 0.717) is 10.5 Å². The summed E-state index contributed by atoms with van der Waals surface area (Å²) in [6.07, 6.45) is -6.35. The highest BCUT2D eigenvalue weighted by Gasteiger charge is 2.49. The summed E-state index contributed by atoms with van der Waals surface area (Å²) >= 11 is 0. The second-order valence-corrected chi connectivity index (χ2v) is 8.45. The van der Waals surface area contributed by atoms with Crippen LogP contribution in [-0.4, -0.2) is 42.8 Å². The van der Waals surface area contributed by atoms with Gasteiger partial charge in [0.1, 0.15) is 6.17 Å². The van der Waals surface area contributed by atoms with Gasteiger partial charge in [-0.3, -0.25) is 4.79 Å². The van der Waals surface area contributed by atoms with Crippen molar-refractivity contribution in [2.24, 2.45) is 0 Å². The number of sulfonamides is 1. The first-order valence-electron chi connectivity index (χ1n) is 8.63. The maximum Gasteiger partial charge on any atom is 0.471 e. The van der Waals surface area contributed by atoms with Crippen LogP contribution in [0.25, 0.3) is 0 Å². The predicted molar refractivity (Wildman–Crippen MR) is 96.6 cm³/mol. The Hall–Kier alpha value is -2.39. The summed E-state index contributed by atoms with van der Waals surface area (Å²) in [7, 11) is -4.12. The molecule has 1 fully saturated rings. The second-order valence-electron chi connectivity index (χ2n) is 6.56. The smallest absolute Gasteiger partial charge is 0.314 e. The predicted octanol–water partition coefficient (Wildman–Crippen LogP) is 3.48. The number of benzene rings is 2. The van der Waals surface area contributed by atoms with Gasteiger partial charge in [0.15, 0.2) is 0 Å². The van der Waals surface area contributed by atoms with Crippen molar-refractivity contribution in [3.63, 3.8) is 0 Å². The highest BCUT2D eigenvalue weighted by atomic mass is 32.2. The highest BCUT2D eigenvalue weighted by molar-refractivity contribution is 7.89. The van der Waals surface area contributed by atoms with Gasteiger partial charge in [0.05, 0.1) is 4.90 Å². The minimum atomic E-state index is -5.09. The number of carbonyl (C=O) groups excluding carboxylic acids is 1. The molecular weight excluding hydrogens is 393 g/mol. The summed E-state index contributed by atoms with van der Waals surface area (Å²) in [5, 5.41) is 0. The van der Waals surface area contributed by atoms with Crippen LogP contribution in [0.15, 0.2) is 59.5 Å². The van der Waals surface area contributed by atoms with Crippen LogP contribution in [0.2, 0.25) is 0 Å². The topological polar surface area (TPSA) is 57.7 Å². The average molecular weight is 412 g/mol. The molecule has 28 heavy (non-hydrogen) atoms. The summed E-state index contributed by atoms with van der Waals surface area (Å²) in [6, 6.07) is 14.0. The van der Waals surface area contributed by atoms with E-state index in [9.17, 15) is 26.4 Å². The number of alkyl halides is 3. The molecule has 9 heteroatoms. The van der Waals surface area contributed by atoms with E-state index >= 15 is 0 Å². The van der Waals surface area contributed by atoms with Gasteiger partial charge in [-0.2, -0.15) is 17.5 Å². The van der Waals surface area contributed by atoms with Crippen molar-refractivity contribution < 1.29 is 26.4 Å². The van der Waals surface area contributed by atoms with E-state index in [-0.39, 0.29) is 24.4 Å². The lowest BCUT2D eigenvalue weighted by atomic mass is 10.1. The first kappa shape index (κ1) is 20.3. The number of nitrogens with zero attached hydrogens (tertiary/aromatic N) is 2. The third-order valence-electron chi connectivity index (χ3n) is 4.57. The zero-order valence-corrected chi connectivity index (χ0v) is 15.9. The van der Waals surface area contributed by atoms with Crippen LogP contribution in [0.1, 0.15) is 23.7 Å². The molecule has 1 saturated heterocycles. The number of rotatable bonds is 3. The Morgan fingerprint density at radius 1 is 1.00 bits per heavy atom. The van der Waals surface area contributed by atoms with E-state index in [1.54, 1.807) is 37.3 Å². The largest absolute Gasteiger partial charge is 0.471 e. The standard InChI is InChI=1S/C19H19F3N2O3S/c1-14-8-10-16(11-9-14)28(26,27)24-13-5-12-23(18(25)19(20,21)22)17(24)15-6-3-2-4-7-15/h2-4,6-11,17H,5,12-13H2,1H3/t17-/m0/s1. The summed E-state index contributed by atoms with van der Waals surface area (Å²) in [6.45, 7) is 1.63. The number of halogens is 3. The van der Waals surface area contributed by atoms with Gasteiger partial charge in [-0.25, -0.2) is 8.42 Å². The molecule has 1 aliphatic heterocycles. The van der Waals surface area contributed by atoms with Crippen LogP contribution in [-0.2, 0) is 14.8 Å². The molecule has 0 spiro atoms. The molecule has 0 aromatic heterocycles. The van der Waals surface area contributed by atoms with Crippen LogP contribution < -0.4 is 0 Å². The Labute approximate surface area is 161 Å². The van der Waals surface area contributed by atoms with Gasteiger partial charge in [-0.05, 0) is 31.0 Å². The molecule has 2 aromatic carbocycles. The maximum absolute atomic E-state index is 13.2. The van der Waals surface area contributed by atoms with Crippen molar-refractivity contribution in [1.82, 2.24) is 9.21 Å². The van der Waals surface area contributed by atoms with Gasteiger partial charge < -0.3 is 4.90 Å². The lowest BCUT2D eigenvalue weighted by molar-refractivity contribution is -0.192. The third-order valence-corrected chi connectivity index (χ3v) is 6.44. The van der Waals surface area contributed by atoms with Gasteiger partial charge in [0.2, 0.25) is 10.0 Å². The van der Waals surface area contributed by atoms with Crippen molar-refractivity contribution >= 4 is 15.9 Å². The van der Waals surface area contributed by atoms with Crippen LogP contribution >= 0.6 is 0 Å². The van der Waals surface area contributed by atoms with Crippen molar-refractivity contribution in [2.75, 3.05) is 13.1 Å². The molecule has 0 N–H and O–H groups in total. The lowest BCUT2D eigenvalue weighted by Crippen LogP contribution is -2.55. The summed E-state index contributed by atoms with van der Waals surface area (Å²) < 4.78 is 66.8. The molecule has 150 valence electrons. The van der Waals surface area contributed by atoms with Crippen molar-refractivity contribution in [3.8, 4) is 0 Å². The molecule has 0 radical (unpaired) electrons. The minimum Gasteiger partial charge on any atom is -0.314 e. The average Bonchev–Trinajstić information content (AvgIpc) is 2.67. The third kappa shape index (κ3) is 3.90. The normalized spacial score (nSPS) is 18.9. The number of aryl methyl sites for hydroxylation is 1. The number of hydrogen-bond donors (Lipinski definition) is 0. The summed E-state index contributed by atoms with van der Waals surface area (Å²) in [4.78, 5) is 12.6. The molecule has 2 aromatic rings. The summed E-state index contributed by atoms with van der Waals surface area (Å²) in [5.74, 6) is -2.05. The Morgan fingerprint density at radius 3 is 2.18 bits per heavy atom. The highest BCUT2D eigenvalue weighted by Crippen LogP contribution is 2.36. The fraction of sp³-hybridized carbons (Fsp3) is 0.316. The Bertz CT molecular complexity index is 945. The quantitative estimate of drug-likeness (QED) is 0.776. The molecule has 0 unspecified atom stereocenters. The fourth-order valence-corrected chi connectivity index (χ4v) is 4.86. The first-order chi connectivity index (χ1) is 13.1. The molecular formula is C19H19F3N2O3S. The van der Waals surface area contributed by atoms with Crippen molar-refractivity contribution in [2.45, 2.75) is 30.6 Å². The molecule has 3 rings (SSSR count). The Balaban J connectivity index is 2.10. The SMILES string of the molecule is Cc1ccc(S(=O)(=O)N2CCCN(C(=O)C(F)(F)F)[C@@H]2c2ccccc2)cc1. The van der Waals surface area contributed by atoms with Gasteiger partial charge in [0, 0.05) is 13.1 Å². The zero-order valence-electron chi connectivity index (χ0n) is 15.1. The minimum absolute atomic E-state index is 0.0113. The molecule has 1 atom stereocenters. The molecule has 1 aliphatic rings.